The van der Waals surface area contributed by atoms with E-state index in [0.29, 0.717) is 6.54 Å². The largest absolute Gasteiger partial charge is 0.451 e. The molecule has 21 heavy (non-hydrogen) atoms. The van der Waals surface area contributed by atoms with Gasteiger partial charge >= 0.3 is 6.18 Å². The number of aryl methyl sites for hydroxylation is 1. The Hall–Kier alpha value is -1.82. The molecular weight excluding hydrogens is 303 g/mol. The standard InChI is InChI=1S/C14H13ClF3N3/c1-2-9-3-5-10(6-4-9)8-19-12-7-11(15)20-13(21-12)14(16,17)18/h3-7H,2,8H2,1H3,(H,19,20,21). The van der Waals surface area contributed by atoms with Crippen molar-refractivity contribution in [3.05, 3.63) is 52.4 Å². The van der Waals surface area contributed by atoms with E-state index in [1.54, 1.807) is 0 Å². The molecule has 1 heterocycles. The van der Waals surface area contributed by atoms with Gasteiger partial charge in [0.15, 0.2) is 0 Å². The van der Waals surface area contributed by atoms with E-state index in [0.717, 1.165) is 12.0 Å². The molecule has 1 aromatic carbocycles. The van der Waals surface area contributed by atoms with E-state index in [9.17, 15) is 13.2 Å². The minimum absolute atomic E-state index is 0.0434. The predicted octanol–water partition coefficient (Wildman–Crippen LogP) is 4.32. The molecular formula is C14H13ClF3N3. The molecule has 2 aromatic rings. The molecule has 7 heteroatoms. The van der Waals surface area contributed by atoms with Crippen molar-refractivity contribution in [1.82, 2.24) is 9.97 Å². The zero-order valence-electron chi connectivity index (χ0n) is 11.2. The molecule has 3 nitrogen and oxygen atoms in total. The van der Waals surface area contributed by atoms with E-state index >= 15 is 0 Å². The van der Waals surface area contributed by atoms with Crippen molar-refractivity contribution in [2.45, 2.75) is 26.1 Å². The quantitative estimate of drug-likeness (QED) is 0.854. The summed E-state index contributed by atoms with van der Waals surface area (Å²) in [6.07, 6.45) is -3.69. The molecule has 0 aliphatic heterocycles. The van der Waals surface area contributed by atoms with Gasteiger partial charge in [-0.15, -0.1) is 0 Å². The number of alkyl halides is 3. The normalized spacial score (nSPS) is 11.5. The number of hydrogen-bond acceptors (Lipinski definition) is 3. The van der Waals surface area contributed by atoms with Crippen LogP contribution in [0.1, 0.15) is 23.9 Å². The highest BCUT2D eigenvalue weighted by Gasteiger charge is 2.35. The van der Waals surface area contributed by atoms with Crippen molar-refractivity contribution in [2.24, 2.45) is 0 Å². The van der Waals surface area contributed by atoms with Gasteiger partial charge in [-0.05, 0) is 17.5 Å². The van der Waals surface area contributed by atoms with Crippen LogP contribution < -0.4 is 5.32 Å². The lowest BCUT2D eigenvalue weighted by molar-refractivity contribution is -0.144. The maximum absolute atomic E-state index is 12.6. The summed E-state index contributed by atoms with van der Waals surface area (Å²) >= 11 is 5.59. The highest BCUT2D eigenvalue weighted by atomic mass is 35.5. The average Bonchev–Trinajstić information content (AvgIpc) is 2.44. The zero-order valence-corrected chi connectivity index (χ0v) is 12.0. The molecule has 2 rings (SSSR count). The zero-order chi connectivity index (χ0) is 15.5. The van der Waals surface area contributed by atoms with Gasteiger partial charge in [-0.1, -0.05) is 42.8 Å². The monoisotopic (exact) mass is 315 g/mol. The van der Waals surface area contributed by atoms with Gasteiger partial charge in [0.05, 0.1) is 0 Å². The van der Waals surface area contributed by atoms with Crippen molar-refractivity contribution >= 4 is 17.4 Å². The average molecular weight is 316 g/mol. The number of aromatic nitrogens is 2. The SMILES string of the molecule is CCc1ccc(CNc2cc(Cl)nc(C(F)(F)F)n2)cc1. The van der Waals surface area contributed by atoms with Gasteiger partial charge in [0.1, 0.15) is 11.0 Å². The van der Waals surface area contributed by atoms with Crippen LogP contribution in [0.3, 0.4) is 0 Å². The molecule has 112 valence electrons. The summed E-state index contributed by atoms with van der Waals surface area (Å²) in [6.45, 7) is 2.41. The van der Waals surface area contributed by atoms with Gasteiger partial charge < -0.3 is 5.32 Å². The lowest BCUT2D eigenvalue weighted by Gasteiger charge is -2.10. The van der Waals surface area contributed by atoms with E-state index in [1.165, 1.54) is 11.6 Å². The Morgan fingerprint density at radius 2 is 1.71 bits per heavy atom. The van der Waals surface area contributed by atoms with Crippen molar-refractivity contribution in [1.29, 1.82) is 0 Å². The lowest BCUT2D eigenvalue weighted by Crippen LogP contribution is -2.13. The topological polar surface area (TPSA) is 37.8 Å². The summed E-state index contributed by atoms with van der Waals surface area (Å²) in [4.78, 5) is 6.59. The number of nitrogens with zero attached hydrogens (tertiary/aromatic N) is 2. The maximum Gasteiger partial charge on any atom is 0.451 e. The Morgan fingerprint density at radius 3 is 2.29 bits per heavy atom. The van der Waals surface area contributed by atoms with Crippen LogP contribution in [0.15, 0.2) is 30.3 Å². The highest BCUT2D eigenvalue weighted by molar-refractivity contribution is 6.29. The van der Waals surface area contributed by atoms with Gasteiger partial charge in [0.25, 0.3) is 0 Å². The first-order chi connectivity index (χ1) is 9.88. The number of benzene rings is 1. The number of anilines is 1. The molecule has 0 fully saturated rings. The van der Waals surface area contributed by atoms with Crippen LogP contribution in [0, 0.1) is 0 Å². The Morgan fingerprint density at radius 1 is 1.10 bits per heavy atom. The Kier molecular flexibility index (Phi) is 4.67. The first-order valence-corrected chi connectivity index (χ1v) is 6.69. The van der Waals surface area contributed by atoms with Crippen molar-refractivity contribution in [3.63, 3.8) is 0 Å². The minimum atomic E-state index is -4.62. The van der Waals surface area contributed by atoms with Gasteiger partial charge in [-0.25, -0.2) is 9.97 Å². The van der Waals surface area contributed by atoms with Crippen LogP contribution in [0.2, 0.25) is 5.15 Å². The van der Waals surface area contributed by atoms with Crippen LogP contribution in [-0.2, 0) is 19.1 Å². The van der Waals surface area contributed by atoms with Crippen LogP contribution in [-0.4, -0.2) is 9.97 Å². The third-order valence-corrected chi connectivity index (χ3v) is 3.05. The minimum Gasteiger partial charge on any atom is -0.366 e. The molecule has 0 saturated heterocycles. The molecule has 0 radical (unpaired) electrons. The fourth-order valence-electron chi connectivity index (χ4n) is 1.72. The first-order valence-electron chi connectivity index (χ1n) is 6.32. The van der Waals surface area contributed by atoms with Crippen molar-refractivity contribution < 1.29 is 13.2 Å². The van der Waals surface area contributed by atoms with Crippen molar-refractivity contribution in [2.75, 3.05) is 5.32 Å². The second-order valence-electron chi connectivity index (χ2n) is 4.42. The second kappa shape index (κ2) is 6.30. The lowest BCUT2D eigenvalue weighted by atomic mass is 10.1. The third kappa shape index (κ3) is 4.32. The second-order valence-corrected chi connectivity index (χ2v) is 4.81. The number of rotatable bonds is 4. The van der Waals surface area contributed by atoms with Crippen LogP contribution in [0.5, 0.6) is 0 Å². The molecule has 0 bridgehead atoms. The van der Waals surface area contributed by atoms with Crippen LogP contribution in [0.4, 0.5) is 19.0 Å². The Labute approximate surface area is 125 Å². The number of halogens is 4. The molecule has 1 aromatic heterocycles. The molecule has 0 unspecified atom stereocenters. The molecule has 1 N–H and O–H groups in total. The van der Waals surface area contributed by atoms with Gasteiger partial charge in [-0.2, -0.15) is 13.2 Å². The molecule has 0 spiro atoms. The van der Waals surface area contributed by atoms with Crippen LogP contribution >= 0.6 is 11.6 Å². The molecule has 0 saturated carbocycles. The Balaban J connectivity index is 2.10. The smallest absolute Gasteiger partial charge is 0.366 e. The molecule has 0 aliphatic carbocycles. The summed E-state index contributed by atoms with van der Waals surface area (Å²) in [5, 5.41) is 2.57. The van der Waals surface area contributed by atoms with E-state index in [1.807, 2.05) is 24.3 Å². The van der Waals surface area contributed by atoms with E-state index in [2.05, 4.69) is 22.2 Å². The predicted molar refractivity (Wildman–Crippen MR) is 75.2 cm³/mol. The summed E-state index contributed by atoms with van der Waals surface area (Å²) in [6, 6.07) is 9.05. The molecule has 0 aliphatic rings. The fourth-order valence-corrected chi connectivity index (χ4v) is 1.90. The van der Waals surface area contributed by atoms with Gasteiger partial charge in [0.2, 0.25) is 5.82 Å². The summed E-state index contributed by atoms with van der Waals surface area (Å²) < 4.78 is 37.7. The van der Waals surface area contributed by atoms with Gasteiger partial charge in [0, 0.05) is 12.6 Å². The summed E-state index contributed by atoms with van der Waals surface area (Å²) in [5.41, 5.74) is 2.14. The van der Waals surface area contributed by atoms with Crippen molar-refractivity contribution in [3.8, 4) is 0 Å². The fraction of sp³-hybridized carbons (Fsp3) is 0.286. The summed E-state index contributed by atoms with van der Waals surface area (Å²) in [5.74, 6) is -1.21. The number of hydrogen-bond donors (Lipinski definition) is 1. The van der Waals surface area contributed by atoms with E-state index in [-0.39, 0.29) is 11.0 Å². The van der Waals surface area contributed by atoms with E-state index < -0.39 is 12.0 Å². The van der Waals surface area contributed by atoms with Crippen LogP contribution in [0.25, 0.3) is 0 Å². The van der Waals surface area contributed by atoms with Gasteiger partial charge in [-0.3, -0.25) is 0 Å². The first kappa shape index (κ1) is 15.6. The number of nitrogens with one attached hydrogen (secondary N) is 1. The summed E-state index contributed by atoms with van der Waals surface area (Å²) in [7, 11) is 0. The highest BCUT2D eigenvalue weighted by Crippen LogP contribution is 2.28. The molecule has 0 atom stereocenters. The molecule has 0 amide bonds. The Bertz CT molecular complexity index is 612. The van der Waals surface area contributed by atoms with E-state index in [4.69, 9.17) is 11.6 Å². The maximum atomic E-state index is 12.6. The third-order valence-electron chi connectivity index (χ3n) is 2.85.